The molecule has 2 heterocycles. The highest BCUT2D eigenvalue weighted by atomic mass is 79.9. The lowest BCUT2D eigenvalue weighted by Gasteiger charge is -1.93. The van der Waals surface area contributed by atoms with E-state index in [9.17, 15) is 0 Å². The van der Waals surface area contributed by atoms with Crippen molar-refractivity contribution < 1.29 is 4.52 Å². The van der Waals surface area contributed by atoms with Gasteiger partial charge in [0, 0.05) is 6.07 Å². The molecule has 0 fully saturated rings. The first-order valence-electron chi connectivity index (χ1n) is 3.61. The topological polar surface area (TPSA) is 64.9 Å². The number of aromatic nitrogens is 2. The molecule has 0 radical (unpaired) electrons. The molecule has 0 aliphatic carbocycles. The van der Waals surface area contributed by atoms with Gasteiger partial charge in [0.1, 0.15) is 10.3 Å². The van der Waals surface area contributed by atoms with Gasteiger partial charge in [-0.25, -0.2) is 4.98 Å². The average molecular weight is 240 g/mol. The zero-order valence-electron chi connectivity index (χ0n) is 6.57. The molecule has 0 aliphatic heterocycles. The molecule has 2 aromatic heterocycles. The lowest BCUT2D eigenvalue weighted by atomic mass is 10.3. The van der Waals surface area contributed by atoms with E-state index < -0.39 is 0 Å². The summed E-state index contributed by atoms with van der Waals surface area (Å²) >= 11 is 3.26. The van der Waals surface area contributed by atoms with E-state index in [0.29, 0.717) is 17.3 Å². The summed E-state index contributed by atoms with van der Waals surface area (Å²) < 4.78 is 5.70. The van der Waals surface area contributed by atoms with Crippen molar-refractivity contribution in [2.24, 2.45) is 0 Å². The Hall–Kier alpha value is -1.36. The monoisotopic (exact) mass is 239 g/mol. The van der Waals surface area contributed by atoms with Crippen LogP contribution in [0.25, 0.3) is 11.5 Å². The Morgan fingerprint density at radius 1 is 1.38 bits per heavy atom. The second-order valence-electron chi connectivity index (χ2n) is 2.46. The summed E-state index contributed by atoms with van der Waals surface area (Å²) in [7, 11) is 0. The van der Waals surface area contributed by atoms with E-state index in [1.54, 1.807) is 6.07 Å². The van der Waals surface area contributed by atoms with E-state index in [4.69, 9.17) is 10.3 Å². The summed E-state index contributed by atoms with van der Waals surface area (Å²) in [6.07, 6.45) is 0. The van der Waals surface area contributed by atoms with Gasteiger partial charge in [-0.15, -0.1) is 0 Å². The van der Waals surface area contributed by atoms with E-state index in [0.717, 1.165) is 4.60 Å². The highest BCUT2D eigenvalue weighted by Crippen LogP contribution is 2.20. The quantitative estimate of drug-likeness (QED) is 0.775. The molecule has 2 N–H and O–H groups in total. The molecule has 0 amide bonds. The van der Waals surface area contributed by atoms with Crippen molar-refractivity contribution in [3.05, 3.63) is 28.9 Å². The normalized spacial score (nSPS) is 10.2. The standard InChI is InChI=1S/C8H6BrN3O/c9-7-3-1-2-5(11-7)6-4-8(10)12-13-6/h1-4H,(H2,10,12). The third-order valence-electron chi connectivity index (χ3n) is 1.50. The summed E-state index contributed by atoms with van der Waals surface area (Å²) in [5, 5.41) is 3.57. The summed E-state index contributed by atoms with van der Waals surface area (Å²) in [5.41, 5.74) is 6.12. The van der Waals surface area contributed by atoms with Gasteiger partial charge in [-0.3, -0.25) is 0 Å². The highest BCUT2D eigenvalue weighted by Gasteiger charge is 2.05. The highest BCUT2D eigenvalue weighted by molar-refractivity contribution is 9.10. The van der Waals surface area contributed by atoms with Crippen molar-refractivity contribution in [2.75, 3.05) is 5.73 Å². The zero-order valence-corrected chi connectivity index (χ0v) is 8.15. The van der Waals surface area contributed by atoms with E-state index in [-0.39, 0.29) is 0 Å². The molecule has 0 saturated heterocycles. The summed E-state index contributed by atoms with van der Waals surface area (Å²) in [6.45, 7) is 0. The fourth-order valence-electron chi connectivity index (χ4n) is 0.955. The van der Waals surface area contributed by atoms with Crippen molar-refractivity contribution in [1.82, 2.24) is 10.1 Å². The molecule has 2 aromatic rings. The molecule has 0 aliphatic rings. The van der Waals surface area contributed by atoms with E-state index in [1.165, 1.54) is 0 Å². The Bertz CT molecular complexity index is 427. The third-order valence-corrected chi connectivity index (χ3v) is 1.94. The molecule has 0 atom stereocenters. The molecule has 0 unspecified atom stereocenters. The second-order valence-corrected chi connectivity index (χ2v) is 3.27. The van der Waals surface area contributed by atoms with Crippen LogP contribution in [0.1, 0.15) is 0 Å². The van der Waals surface area contributed by atoms with E-state index >= 15 is 0 Å². The summed E-state index contributed by atoms with van der Waals surface area (Å²) in [5.74, 6) is 0.926. The molecule has 4 nitrogen and oxygen atoms in total. The maximum atomic E-state index is 5.41. The molecule has 0 bridgehead atoms. The Kier molecular flexibility index (Phi) is 2.02. The largest absolute Gasteiger partial charge is 0.381 e. The first kappa shape index (κ1) is 8.25. The first-order valence-corrected chi connectivity index (χ1v) is 4.40. The van der Waals surface area contributed by atoms with Crippen LogP contribution in [0.5, 0.6) is 0 Å². The lowest BCUT2D eigenvalue weighted by Crippen LogP contribution is -1.81. The van der Waals surface area contributed by atoms with Crippen LogP contribution in [0.15, 0.2) is 33.4 Å². The van der Waals surface area contributed by atoms with Gasteiger partial charge in [-0.1, -0.05) is 11.2 Å². The molecule has 0 saturated carbocycles. The molecule has 13 heavy (non-hydrogen) atoms. The number of hydrogen-bond acceptors (Lipinski definition) is 4. The number of nitrogen functional groups attached to an aromatic ring is 1. The summed E-state index contributed by atoms with van der Waals surface area (Å²) in [6, 6.07) is 7.16. The van der Waals surface area contributed by atoms with Crippen molar-refractivity contribution in [3.63, 3.8) is 0 Å². The lowest BCUT2D eigenvalue weighted by molar-refractivity contribution is 0.434. The van der Waals surface area contributed by atoms with Crippen LogP contribution >= 0.6 is 15.9 Å². The van der Waals surface area contributed by atoms with Gasteiger partial charge < -0.3 is 10.3 Å². The van der Waals surface area contributed by atoms with Gasteiger partial charge in [0.25, 0.3) is 0 Å². The minimum atomic E-state index is 0.358. The van der Waals surface area contributed by atoms with Gasteiger partial charge >= 0.3 is 0 Å². The molecule has 2 rings (SSSR count). The van der Waals surface area contributed by atoms with Crippen LogP contribution < -0.4 is 5.73 Å². The van der Waals surface area contributed by atoms with Crippen LogP contribution in [0.2, 0.25) is 0 Å². The van der Waals surface area contributed by atoms with Crippen molar-refractivity contribution in [3.8, 4) is 11.5 Å². The Morgan fingerprint density at radius 2 is 2.23 bits per heavy atom. The third kappa shape index (κ3) is 1.70. The first-order chi connectivity index (χ1) is 6.25. The molecule has 0 aromatic carbocycles. The number of anilines is 1. The Labute approximate surface area is 82.9 Å². The van der Waals surface area contributed by atoms with Crippen molar-refractivity contribution in [2.45, 2.75) is 0 Å². The summed E-state index contributed by atoms with van der Waals surface area (Å²) in [4.78, 5) is 4.18. The number of halogens is 1. The second kappa shape index (κ2) is 3.18. The Morgan fingerprint density at radius 3 is 2.85 bits per heavy atom. The van der Waals surface area contributed by atoms with Gasteiger partial charge in [0.05, 0.1) is 0 Å². The zero-order chi connectivity index (χ0) is 9.26. The number of nitrogens with two attached hydrogens (primary N) is 1. The van der Waals surface area contributed by atoms with Gasteiger partial charge in [-0.2, -0.15) is 0 Å². The number of nitrogens with zero attached hydrogens (tertiary/aromatic N) is 2. The number of rotatable bonds is 1. The molecular formula is C8H6BrN3O. The maximum absolute atomic E-state index is 5.41. The Balaban J connectivity index is 2.46. The maximum Gasteiger partial charge on any atom is 0.187 e. The van der Waals surface area contributed by atoms with Gasteiger partial charge in [0.2, 0.25) is 0 Å². The predicted molar refractivity (Wildman–Crippen MR) is 51.8 cm³/mol. The number of pyridine rings is 1. The SMILES string of the molecule is Nc1cc(-c2cccc(Br)n2)on1. The van der Waals surface area contributed by atoms with Crippen molar-refractivity contribution in [1.29, 1.82) is 0 Å². The van der Waals surface area contributed by atoms with Crippen LogP contribution in [-0.2, 0) is 0 Å². The minimum Gasteiger partial charge on any atom is -0.381 e. The smallest absolute Gasteiger partial charge is 0.187 e. The van der Waals surface area contributed by atoms with E-state index in [2.05, 4.69) is 26.1 Å². The average Bonchev–Trinajstić information content (AvgIpc) is 2.52. The van der Waals surface area contributed by atoms with Gasteiger partial charge in [0.15, 0.2) is 11.6 Å². The molecule has 66 valence electrons. The van der Waals surface area contributed by atoms with Crippen molar-refractivity contribution >= 4 is 21.7 Å². The van der Waals surface area contributed by atoms with Crippen LogP contribution in [0.3, 0.4) is 0 Å². The molecule has 5 heteroatoms. The molecule has 0 spiro atoms. The van der Waals surface area contributed by atoms with Crippen LogP contribution in [0.4, 0.5) is 5.82 Å². The van der Waals surface area contributed by atoms with Gasteiger partial charge in [-0.05, 0) is 28.1 Å². The van der Waals surface area contributed by atoms with E-state index in [1.807, 2.05) is 18.2 Å². The minimum absolute atomic E-state index is 0.358. The molecular weight excluding hydrogens is 234 g/mol. The fourth-order valence-corrected chi connectivity index (χ4v) is 1.30. The number of hydrogen-bond donors (Lipinski definition) is 1. The predicted octanol–water partition coefficient (Wildman–Crippen LogP) is 2.08. The fraction of sp³-hybridized carbons (Fsp3) is 0. The van der Waals surface area contributed by atoms with Crippen LogP contribution in [-0.4, -0.2) is 10.1 Å². The van der Waals surface area contributed by atoms with Crippen LogP contribution in [0, 0.1) is 0 Å².